The first-order chi connectivity index (χ1) is 16.4. The molecule has 2 heterocycles. The molecule has 10 heteroatoms. The van der Waals surface area contributed by atoms with Crippen molar-refractivity contribution in [2.75, 3.05) is 5.32 Å². The minimum atomic E-state index is -0.638. The normalized spacial score (nSPS) is 27.1. The lowest BCUT2D eigenvalue weighted by Gasteiger charge is -2.56. The van der Waals surface area contributed by atoms with Gasteiger partial charge in [0.25, 0.3) is 5.91 Å². The molecule has 0 radical (unpaired) electrons. The van der Waals surface area contributed by atoms with Crippen molar-refractivity contribution in [1.82, 2.24) is 19.6 Å². The van der Waals surface area contributed by atoms with E-state index in [4.69, 9.17) is 0 Å². The number of carbonyl (C=O) groups is 1. The van der Waals surface area contributed by atoms with Crippen LogP contribution in [0.2, 0.25) is 0 Å². The van der Waals surface area contributed by atoms with Crippen LogP contribution in [0.3, 0.4) is 0 Å². The predicted molar refractivity (Wildman–Crippen MR) is 121 cm³/mol. The zero-order valence-electron chi connectivity index (χ0n) is 18.6. The summed E-state index contributed by atoms with van der Waals surface area (Å²) in [7, 11) is 0. The molecule has 176 valence electrons. The molecular weight excluding hydrogens is 439 g/mol. The van der Waals surface area contributed by atoms with E-state index in [9.17, 15) is 19.3 Å². The minimum Gasteiger partial charge on any atom is -0.318 e. The number of aromatic nitrogens is 4. The van der Waals surface area contributed by atoms with Gasteiger partial charge in [-0.25, -0.2) is 4.39 Å². The lowest BCUT2D eigenvalue weighted by atomic mass is 9.53. The molecule has 4 saturated carbocycles. The highest BCUT2D eigenvalue weighted by Crippen LogP contribution is 2.58. The molecule has 4 bridgehead atoms. The van der Waals surface area contributed by atoms with Crippen molar-refractivity contribution in [2.24, 2.45) is 17.8 Å². The van der Waals surface area contributed by atoms with E-state index >= 15 is 0 Å². The summed E-state index contributed by atoms with van der Waals surface area (Å²) in [6.45, 7) is 0.328. The fraction of sp³-hybridized carbons (Fsp3) is 0.458. The van der Waals surface area contributed by atoms with Gasteiger partial charge in [0, 0.05) is 6.20 Å². The number of carbonyl (C=O) groups excluding carboxylic acids is 1. The van der Waals surface area contributed by atoms with Gasteiger partial charge in [0.1, 0.15) is 12.0 Å². The van der Waals surface area contributed by atoms with E-state index in [1.807, 2.05) is 0 Å². The van der Waals surface area contributed by atoms with Gasteiger partial charge in [-0.2, -0.15) is 10.2 Å². The molecule has 9 nitrogen and oxygen atoms in total. The van der Waals surface area contributed by atoms with Crippen LogP contribution in [-0.2, 0) is 12.1 Å². The molecule has 0 unspecified atom stereocenters. The Morgan fingerprint density at radius 2 is 1.88 bits per heavy atom. The molecule has 4 aliphatic rings. The monoisotopic (exact) mass is 464 g/mol. The Morgan fingerprint density at radius 3 is 2.53 bits per heavy atom. The van der Waals surface area contributed by atoms with Crippen molar-refractivity contribution in [3.05, 3.63) is 70.0 Å². The summed E-state index contributed by atoms with van der Waals surface area (Å²) < 4.78 is 16.7. The van der Waals surface area contributed by atoms with Crippen LogP contribution >= 0.6 is 0 Å². The molecule has 1 N–H and O–H groups in total. The number of hydrogen-bond acceptors (Lipinski definition) is 5. The average Bonchev–Trinajstić information content (AvgIpc) is 3.41. The molecule has 1 aromatic carbocycles. The van der Waals surface area contributed by atoms with E-state index in [0.717, 1.165) is 24.8 Å². The Kier molecular flexibility index (Phi) is 4.79. The van der Waals surface area contributed by atoms with Gasteiger partial charge in [0.2, 0.25) is 5.69 Å². The fourth-order valence-corrected chi connectivity index (χ4v) is 6.78. The van der Waals surface area contributed by atoms with Gasteiger partial charge in [0.15, 0.2) is 0 Å². The number of halogens is 1. The third kappa shape index (κ3) is 3.66. The van der Waals surface area contributed by atoms with Gasteiger partial charge in [0.05, 0.1) is 28.9 Å². The van der Waals surface area contributed by atoms with E-state index in [1.165, 1.54) is 43.8 Å². The van der Waals surface area contributed by atoms with Gasteiger partial charge < -0.3 is 5.32 Å². The Hall–Kier alpha value is -3.56. The number of nitro groups is 1. The summed E-state index contributed by atoms with van der Waals surface area (Å²) >= 11 is 0. The molecule has 0 aliphatic heterocycles. The molecule has 4 fully saturated rings. The molecule has 7 rings (SSSR count). The standard InChI is InChI=1S/C24H25FN6O3/c25-19-3-1-2-15(7-19)12-29-13-20(11-26-29)27-23(32)22-21(31(33)34)14-30(28-22)24-8-16-4-17(9-24)6-18(5-16)10-24/h1-3,7,11,13-14,16-18H,4-6,8-10,12H2,(H,27,32). The summed E-state index contributed by atoms with van der Waals surface area (Å²) in [5.41, 5.74) is 0.443. The summed E-state index contributed by atoms with van der Waals surface area (Å²) in [5.74, 6) is 0.975. The van der Waals surface area contributed by atoms with Crippen molar-refractivity contribution in [3.8, 4) is 0 Å². The molecule has 2 aromatic heterocycles. The van der Waals surface area contributed by atoms with E-state index < -0.39 is 10.8 Å². The highest BCUT2D eigenvalue weighted by Gasteiger charge is 2.53. The summed E-state index contributed by atoms with van der Waals surface area (Å²) in [6.07, 6.45) is 11.2. The number of nitrogens with zero attached hydrogens (tertiary/aromatic N) is 5. The first-order valence-corrected chi connectivity index (χ1v) is 11.7. The van der Waals surface area contributed by atoms with Crippen molar-refractivity contribution in [3.63, 3.8) is 0 Å². The van der Waals surface area contributed by atoms with Crippen LogP contribution in [0, 0.1) is 33.7 Å². The first kappa shape index (κ1) is 21.0. The fourth-order valence-electron chi connectivity index (χ4n) is 6.78. The Morgan fingerprint density at radius 1 is 1.18 bits per heavy atom. The predicted octanol–water partition coefficient (Wildman–Crippen LogP) is 4.35. The second kappa shape index (κ2) is 7.75. The first-order valence-electron chi connectivity index (χ1n) is 11.7. The zero-order chi connectivity index (χ0) is 23.4. The third-order valence-electron chi connectivity index (χ3n) is 7.72. The largest absolute Gasteiger partial charge is 0.320 e. The van der Waals surface area contributed by atoms with Crippen molar-refractivity contribution in [2.45, 2.75) is 50.6 Å². The number of amides is 1. The van der Waals surface area contributed by atoms with Crippen LogP contribution < -0.4 is 5.32 Å². The van der Waals surface area contributed by atoms with Crippen molar-refractivity contribution < 1.29 is 14.1 Å². The van der Waals surface area contributed by atoms with E-state index in [0.29, 0.717) is 30.0 Å². The van der Waals surface area contributed by atoms with Crippen LogP contribution in [0.1, 0.15) is 54.6 Å². The smallest absolute Gasteiger partial charge is 0.318 e. The number of anilines is 1. The lowest BCUT2D eigenvalue weighted by Crippen LogP contribution is -2.52. The number of benzene rings is 1. The Labute approximate surface area is 195 Å². The van der Waals surface area contributed by atoms with E-state index in [1.54, 1.807) is 27.7 Å². The van der Waals surface area contributed by atoms with Crippen molar-refractivity contribution >= 4 is 17.3 Å². The maximum absolute atomic E-state index is 13.4. The van der Waals surface area contributed by atoms with E-state index in [2.05, 4.69) is 15.5 Å². The van der Waals surface area contributed by atoms with Crippen LogP contribution in [-0.4, -0.2) is 30.4 Å². The molecule has 3 aromatic rings. The SMILES string of the molecule is O=C(Nc1cnn(Cc2cccc(F)c2)c1)c1nn(C23CC4CC(CC(C4)C2)C3)cc1[N+](=O)[O-]. The van der Waals surface area contributed by atoms with Gasteiger partial charge in [-0.3, -0.25) is 24.3 Å². The van der Waals surface area contributed by atoms with E-state index in [-0.39, 0.29) is 22.7 Å². The Balaban J connectivity index is 1.23. The van der Waals surface area contributed by atoms with Crippen LogP contribution in [0.4, 0.5) is 15.8 Å². The highest BCUT2D eigenvalue weighted by atomic mass is 19.1. The van der Waals surface area contributed by atoms with Crippen LogP contribution in [0.15, 0.2) is 42.9 Å². The molecule has 0 spiro atoms. The average molecular weight is 465 g/mol. The highest BCUT2D eigenvalue weighted by molar-refractivity contribution is 6.05. The minimum absolute atomic E-state index is 0.182. The number of nitrogens with one attached hydrogen (secondary N) is 1. The molecule has 0 atom stereocenters. The maximum Gasteiger partial charge on any atom is 0.320 e. The Bertz CT molecular complexity index is 1250. The van der Waals surface area contributed by atoms with Gasteiger partial charge in [-0.15, -0.1) is 0 Å². The molecular formula is C24H25FN6O3. The van der Waals surface area contributed by atoms with Gasteiger partial charge in [-0.05, 0) is 74.0 Å². The van der Waals surface area contributed by atoms with Crippen LogP contribution in [0.5, 0.6) is 0 Å². The summed E-state index contributed by atoms with van der Waals surface area (Å²) in [4.78, 5) is 24.3. The second-order valence-electron chi connectivity index (χ2n) is 10.2. The molecule has 0 saturated heterocycles. The second-order valence-corrected chi connectivity index (χ2v) is 10.2. The third-order valence-corrected chi connectivity index (χ3v) is 7.72. The summed E-state index contributed by atoms with van der Waals surface area (Å²) in [5, 5.41) is 23.2. The topological polar surface area (TPSA) is 108 Å². The zero-order valence-corrected chi connectivity index (χ0v) is 18.6. The van der Waals surface area contributed by atoms with Crippen LogP contribution in [0.25, 0.3) is 0 Å². The quantitative estimate of drug-likeness (QED) is 0.431. The molecule has 1 amide bonds. The van der Waals surface area contributed by atoms with Gasteiger partial charge in [-0.1, -0.05) is 12.1 Å². The number of rotatable bonds is 6. The maximum atomic E-state index is 13.4. The lowest BCUT2D eigenvalue weighted by molar-refractivity contribution is -0.385. The molecule has 34 heavy (non-hydrogen) atoms. The number of hydrogen-bond donors (Lipinski definition) is 1. The molecule has 4 aliphatic carbocycles. The summed E-state index contributed by atoms with van der Waals surface area (Å²) in [6, 6.07) is 6.19. The van der Waals surface area contributed by atoms with Gasteiger partial charge >= 0.3 is 5.69 Å². The van der Waals surface area contributed by atoms with Crippen molar-refractivity contribution in [1.29, 1.82) is 0 Å².